The topological polar surface area (TPSA) is 57.2 Å². The van der Waals surface area contributed by atoms with Gasteiger partial charge in [0.2, 0.25) is 0 Å². The van der Waals surface area contributed by atoms with E-state index in [9.17, 15) is 5.11 Å². The number of thioether (sulfide) groups is 1. The maximum atomic E-state index is 12.7. The zero-order valence-corrected chi connectivity index (χ0v) is 38.0. The Morgan fingerprint density at radius 2 is 1.25 bits per heavy atom. The average molecular weight is 799 g/mol. The van der Waals surface area contributed by atoms with Crippen LogP contribution < -0.4 is 15.1 Å². The summed E-state index contributed by atoms with van der Waals surface area (Å²) in [7, 11) is -3.46. The third-order valence-corrected chi connectivity index (χ3v) is 22.0. The summed E-state index contributed by atoms with van der Waals surface area (Å²) in [4.78, 5) is 1.21. The number of methoxy groups -OCH3 is 1. The van der Waals surface area contributed by atoms with Gasteiger partial charge in [-0.1, -0.05) is 152 Å². The third-order valence-electron chi connectivity index (χ3n) is 11.0. The monoisotopic (exact) mass is 798 g/mol. The standard InChI is InChI=1S/C47H66O5SSi2/c1-45(2,3)54(10,11)52-44(47(7,8)36-53-40-21-15-12-16-22-40)43(48)38(31-33-50-35-37-27-29-39(49-9)30-28-37)32-34-51-55(46(4,5)6,41-23-17-13-18-24-41)42-25-19-14-20-26-42/h12-30,32,43-44,48H,31,33-36H2,1-11H3/b38-32+/t43-,44+/m1/s1. The summed E-state index contributed by atoms with van der Waals surface area (Å²) in [6, 6.07) is 39.9. The number of aliphatic hydroxyl groups is 1. The highest BCUT2D eigenvalue weighted by molar-refractivity contribution is 7.99. The van der Waals surface area contributed by atoms with Crippen molar-refractivity contribution in [1.82, 2.24) is 0 Å². The van der Waals surface area contributed by atoms with Crippen molar-refractivity contribution in [2.75, 3.05) is 26.1 Å². The first kappa shape index (κ1) is 44.8. The smallest absolute Gasteiger partial charge is 0.261 e. The second kappa shape index (κ2) is 19.5. The summed E-state index contributed by atoms with van der Waals surface area (Å²) >= 11 is 1.81. The fourth-order valence-corrected chi connectivity index (χ4v) is 13.7. The molecule has 0 heterocycles. The number of hydrogen-bond acceptors (Lipinski definition) is 6. The maximum Gasteiger partial charge on any atom is 0.261 e. The zero-order valence-electron chi connectivity index (χ0n) is 35.2. The van der Waals surface area contributed by atoms with E-state index < -0.39 is 28.8 Å². The molecule has 0 bridgehead atoms. The van der Waals surface area contributed by atoms with Gasteiger partial charge in [0.1, 0.15) is 11.9 Å². The Morgan fingerprint density at radius 3 is 1.75 bits per heavy atom. The number of rotatable bonds is 19. The molecule has 0 radical (unpaired) electrons. The highest BCUT2D eigenvalue weighted by Gasteiger charge is 2.50. The van der Waals surface area contributed by atoms with Crippen LogP contribution in [0.5, 0.6) is 5.75 Å². The lowest BCUT2D eigenvalue weighted by molar-refractivity contribution is -0.0190. The van der Waals surface area contributed by atoms with Gasteiger partial charge >= 0.3 is 0 Å². The van der Waals surface area contributed by atoms with E-state index in [1.54, 1.807) is 7.11 Å². The molecule has 4 aromatic rings. The van der Waals surface area contributed by atoms with Gasteiger partial charge in [-0.15, -0.1) is 11.8 Å². The zero-order chi connectivity index (χ0) is 40.3. The minimum absolute atomic E-state index is 0.0363. The quantitative estimate of drug-likeness (QED) is 0.0441. The molecular weight excluding hydrogens is 733 g/mol. The van der Waals surface area contributed by atoms with Crippen LogP contribution in [0.4, 0.5) is 0 Å². The van der Waals surface area contributed by atoms with Crippen LogP contribution in [0.2, 0.25) is 23.2 Å². The summed E-state index contributed by atoms with van der Waals surface area (Å²) < 4.78 is 26.2. The Hall–Kier alpha value is -2.96. The van der Waals surface area contributed by atoms with Crippen molar-refractivity contribution in [1.29, 1.82) is 0 Å². The molecule has 0 aliphatic carbocycles. The summed E-state index contributed by atoms with van der Waals surface area (Å²) in [6.07, 6.45) is 1.35. The first-order chi connectivity index (χ1) is 25.9. The molecule has 0 aromatic heterocycles. The average Bonchev–Trinajstić information content (AvgIpc) is 3.15. The Kier molecular flexibility index (Phi) is 15.8. The lowest BCUT2D eigenvalue weighted by Crippen LogP contribution is -2.66. The van der Waals surface area contributed by atoms with Crippen molar-refractivity contribution < 1.29 is 23.4 Å². The van der Waals surface area contributed by atoms with Crippen molar-refractivity contribution in [3.63, 3.8) is 0 Å². The Morgan fingerprint density at radius 1 is 0.727 bits per heavy atom. The minimum Gasteiger partial charge on any atom is -0.497 e. The molecule has 0 aliphatic rings. The Balaban J connectivity index is 1.73. The summed E-state index contributed by atoms with van der Waals surface area (Å²) in [6.45, 7) is 24.0. The summed E-state index contributed by atoms with van der Waals surface area (Å²) in [5.41, 5.74) is 1.58. The van der Waals surface area contributed by atoms with Gasteiger partial charge in [-0.25, -0.2) is 0 Å². The summed E-state index contributed by atoms with van der Waals surface area (Å²) in [5.74, 6) is 1.60. The van der Waals surface area contributed by atoms with E-state index in [0.29, 0.717) is 26.2 Å². The molecule has 5 nitrogen and oxygen atoms in total. The molecule has 298 valence electrons. The van der Waals surface area contributed by atoms with Crippen molar-refractivity contribution in [3.05, 3.63) is 132 Å². The number of ether oxygens (including phenoxy) is 2. The predicted octanol–water partition coefficient (Wildman–Crippen LogP) is 10.7. The van der Waals surface area contributed by atoms with E-state index in [4.69, 9.17) is 18.3 Å². The highest BCUT2D eigenvalue weighted by atomic mass is 32.2. The second-order valence-electron chi connectivity index (χ2n) is 17.7. The number of aliphatic hydroxyl groups excluding tert-OH is 1. The highest BCUT2D eigenvalue weighted by Crippen LogP contribution is 2.43. The van der Waals surface area contributed by atoms with Gasteiger partial charge < -0.3 is 23.4 Å². The minimum atomic E-state index is -2.81. The molecule has 55 heavy (non-hydrogen) atoms. The Bertz CT molecular complexity index is 1710. The largest absolute Gasteiger partial charge is 0.497 e. The van der Waals surface area contributed by atoms with Crippen LogP contribution in [-0.2, 0) is 20.2 Å². The lowest BCUT2D eigenvalue weighted by atomic mass is 9.82. The van der Waals surface area contributed by atoms with Crippen LogP contribution in [0.3, 0.4) is 0 Å². The van der Waals surface area contributed by atoms with Gasteiger partial charge in [0.15, 0.2) is 8.32 Å². The number of benzene rings is 4. The van der Waals surface area contributed by atoms with E-state index in [1.165, 1.54) is 15.3 Å². The molecule has 8 heteroatoms. The SMILES string of the molecule is COc1ccc(COCC/C(=C\CO[Si](c2ccccc2)(c2ccccc2)C(C)(C)C)[C@@H](O)[C@H](O[Si](C)(C)C(C)(C)C)C(C)(C)CSc2ccccc2)cc1. The summed E-state index contributed by atoms with van der Waals surface area (Å²) in [5, 5.41) is 15.0. The normalized spacial score (nSPS) is 14.4. The van der Waals surface area contributed by atoms with Gasteiger partial charge in [-0.2, -0.15) is 0 Å². The van der Waals surface area contributed by atoms with E-state index in [-0.39, 0.29) is 15.5 Å². The molecule has 0 fully saturated rings. The van der Waals surface area contributed by atoms with Gasteiger partial charge in [-0.3, -0.25) is 0 Å². The fourth-order valence-electron chi connectivity index (χ4n) is 6.72. The van der Waals surface area contributed by atoms with E-state index in [2.05, 4.69) is 159 Å². The Labute approximate surface area is 339 Å². The van der Waals surface area contributed by atoms with E-state index in [1.807, 2.05) is 42.1 Å². The fraction of sp³-hybridized carbons (Fsp3) is 0.447. The maximum absolute atomic E-state index is 12.7. The van der Waals surface area contributed by atoms with Crippen LogP contribution in [0.25, 0.3) is 0 Å². The van der Waals surface area contributed by atoms with Crippen molar-refractivity contribution >= 4 is 38.8 Å². The van der Waals surface area contributed by atoms with Crippen molar-refractivity contribution in [3.8, 4) is 5.75 Å². The molecule has 0 spiro atoms. The van der Waals surface area contributed by atoms with Crippen molar-refractivity contribution in [2.24, 2.45) is 5.41 Å². The van der Waals surface area contributed by atoms with E-state index in [0.717, 1.165) is 22.6 Å². The molecule has 0 saturated heterocycles. The van der Waals surface area contributed by atoms with Crippen LogP contribution in [-0.4, -0.2) is 60.0 Å². The predicted molar refractivity (Wildman–Crippen MR) is 238 cm³/mol. The molecule has 0 aliphatic heterocycles. The molecule has 4 rings (SSSR count). The van der Waals surface area contributed by atoms with E-state index >= 15 is 0 Å². The second-order valence-corrected chi connectivity index (χ2v) is 27.8. The first-order valence-electron chi connectivity index (χ1n) is 19.6. The van der Waals surface area contributed by atoms with Gasteiger partial charge in [-0.05, 0) is 75.4 Å². The molecule has 4 aromatic carbocycles. The van der Waals surface area contributed by atoms with Crippen molar-refractivity contribution in [2.45, 2.75) is 109 Å². The first-order valence-corrected chi connectivity index (χ1v) is 25.4. The molecule has 0 amide bonds. The molecule has 1 N–H and O–H groups in total. The molecule has 0 unspecified atom stereocenters. The molecular formula is C47H66O5SSi2. The van der Waals surface area contributed by atoms with Crippen LogP contribution in [0.15, 0.2) is 132 Å². The molecule has 0 saturated carbocycles. The lowest BCUT2D eigenvalue weighted by Gasteiger charge is -2.46. The van der Waals surface area contributed by atoms with Crippen LogP contribution in [0.1, 0.15) is 67.4 Å². The molecule has 2 atom stereocenters. The number of hydrogen-bond donors (Lipinski definition) is 1. The van der Waals surface area contributed by atoms with Crippen LogP contribution in [0, 0.1) is 5.41 Å². The van der Waals surface area contributed by atoms with Crippen LogP contribution >= 0.6 is 11.8 Å². The van der Waals surface area contributed by atoms with Gasteiger partial charge in [0.05, 0.1) is 33.0 Å². The van der Waals surface area contributed by atoms with Gasteiger partial charge in [0.25, 0.3) is 8.32 Å². The van der Waals surface area contributed by atoms with Gasteiger partial charge in [0, 0.05) is 16.1 Å². The third kappa shape index (κ3) is 11.8.